The van der Waals surface area contributed by atoms with Crippen LogP contribution < -0.4 is 4.74 Å². The van der Waals surface area contributed by atoms with Gasteiger partial charge in [0.1, 0.15) is 6.10 Å². The summed E-state index contributed by atoms with van der Waals surface area (Å²) in [5, 5.41) is 2.42. The molecule has 3 heterocycles. The summed E-state index contributed by atoms with van der Waals surface area (Å²) < 4.78 is 18.2. The van der Waals surface area contributed by atoms with E-state index in [1.165, 1.54) is 41.1 Å². The molecule has 0 amide bonds. The van der Waals surface area contributed by atoms with Crippen LogP contribution in [0.3, 0.4) is 0 Å². The van der Waals surface area contributed by atoms with Crippen LogP contribution in [0.5, 0.6) is 5.88 Å². The molecule has 0 radical (unpaired) electrons. The van der Waals surface area contributed by atoms with Crippen LogP contribution in [0, 0.1) is 0 Å². The molecule has 1 fully saturated rings. The number of methoxy groups -OCH3 is 1. The Morgan fingerprint density at radius 1 is 0.971 bits per heavy atom. The number of hydrogen-bond donors (Lipinski definition) is 0. The van der Waals surface area contributed by atoms with E-state index in [-0.39, 0.29) is 0 Å². The Labute approximate surface area is 222 Å². The van der Waals surface area contributed by atoms with E-state index in [2.05, 4.69) is 74.0 Å². The molecule has 0 saturated heterocycles. The van der Waals surface area contributed by atoms with Crippen LogP contribution in [0.25, 0.3) is 32.9 Å². The SMILES string of the molecule is COCCCCCOPI.Cn1c2ccncc2c2ccc(-c3ccc(OC4CCC4)nc3)cc21. The van der Waals surface area contributed by atoms with E-state index in [1.54, 1.807) is 7.11 Å². The molecule has 0 aliphatic heterocycles. The molecular weight excluding hydrogens is 572 g/mol. The molecule has 1 aliphatic carbocycles. The first-order valence-corrected chi connectivity index (χ1v) is 16.1. The molecule has 4 aromatic rings. The van der Waals surface area contributed by atoms with Crippen molar-refractivity contribution < 1.29 is 14.0 Å². The molecule has 1 unspecified atom stereocenters. The molecule has 186 valence electrons. The number of benzene rings is 1. The fourth-order valence-corrected chi connectivity index (χ4v) is 5.03. The molecule has 1 atom stereocenters. The molecule has 0 spiro atoms. The molecular formula is C27H33IN3O3P. The van der Waals surface area contributed by atoms with Gasteiger partial charge >= 0.3 is 0 Å². The van der Waals surface area contributed by atoms with Crippen molar-refractivity contribution in [2.45, 2.75) is 44.6 Å². The minimum atomic E-state index is 0.360. The summed E-state index contributed by atoms with van der Waals surface area (Å²) in [6.45, 7) is 2.40. The Balaban J connectivity index is 0.000000248. The molecule has 1 aromatic carbocycles. The fourth-order valence-electron chi connectivity index (χ4n) is 4.15. The van der Waals surface area contributed by atoms with Gasteiger partial charge in [0.05, 0.1) is 18.6 Å². The van der Waals surface area contributed by atoms with Gasteiger partial charge in [-0.1, -0.05) is 12.1 Å². The molecule has 5 rings (SSSR count). The van der Waals surface area contributed by atoms with Gasteiger partial charge in [0.2, 0.25) is 5.88 Å². The molecule has 0 N–H and O–H groups in total. The van der Waals surface area contributed by atoms with E-state index in [9.17, 15) is 0 Å². The summed E-state index contributed by atoms with van der Waals surface area (Å²) >= 11 is 2.24. The Hall–Kier alpha value is -1.80. The zero-order chi connectivity index (χ0) is 24.5. The van der Waals surface area contributed by atoms with Gasteiger partial charge in [-0.15, -0.1) is 0 Å². The van der Waals surface area contributed by atoms with Gasteiger partial charge in [0.15, 0.2) is 0 Å². The maximum absolute atomic E-state index is 5.85. The monoisotopic (exact) mass is 605 g/mol. The van der Waals surface area contributed by atoms with E-state index < -0.39 is 0 Å². The summed E-state index contributed by atoms with van der Waals surface area (Å²) in [7, 11) is 3.84. The highest BCUT2D eigenvalue weighted by Gasteiger charge is 2.19. The van der Waals surface area contributed by atoms with Crippen LogP contribution in [0.1, 0.15) is 38.5 Å². The standard InChI is InChI=1S/C21H19N3O.C6H14IO2P/c1-24-19-9-10-22-13-18(19)17-7-5-14(11-20(17)24)15-6-8-21(23-12-15)25-16-3-2-4-16;1-8-5-3-2-4-6-9-10-7/h5-13,16H,2-4H2,1H3;10H,2-6H2,1H3. The Bertz CT molecular complexity index is 1200. The van der Waals surface area contributed by atoms with Crippen molar-refractivity contribution >= 4 is 50.3 Å². The fraction of sp³-hybridized carbons (Fsp3) is 0.407. The van der Waals surface area contributed by atoms with E-state index in [4.69, 9.17) is 14.0 Å². The normalized spacial score (nSPS) is 13.8. The largest absolute Gasteiger partial charge is 0.474 e. The number of unbranched alkanes of at least 4 members (excludes halogenated alkanes) is 2. The molecule has 1 aliphatic rings. The van der Waals surface area contributed by atoms with Crippen molar-refractivity contribution in [1.82, 2.24) is 14.5 Å². The summed E-state index contributed by atoms with van der Waals surface area (Å²) in [4.78, 5) is 8.75. The number of hydrogen-bond acceptors (Lipinski definition) is 5. The van der Waals surface area contributed by atoms with Crippen LogP contribution in [-0.2, 0) is 16.3 Å². The van der Waals surface area contributed by atoms with Gasteiger partial charge in [0, 0.05) is 67.3 Å². The number of rotatable bonds is 10. The summed E-state index contributed by atoms with van der Waals surface area (Å²) in [5.41, 5.74) is 4.67. The van der Waals surface area contributed by atoms with Gasteiger partial charge in [0.25, 0.3) is 0 Å². The lowest BCUT2D eigenvalue weighted by Gasteiger charge is -2.25. The molecule has 35 heavy (non-hydrogen) atoms. The first-order chi connectivity index (χ1) is 17.2. The maximum atomic E-state index is 5.85. The Kier molecular flexibility index (Phi) is 10.1. The lowest BCUT2D eigenvalue weighted by molar-refractivity contribution is 0.114. The minimum absolute atomic E-state index is 0.360. The van der Waals surface area contributed by atoms with Crippen LogP contribution in [-0.4, -0.2) is 41.0 Å². The number of halogens is 1. The van der Waals surface area contributed by atoms with Crippen LogP contribution in [0.15, 0.2) is 55.0 Å². The first-order valence-electron chi connectivity index (χ1n) is 12.1. The minimum Gasteiger partial charge on any atom is -0.474 e. The predicted molar refractivity (Wildman–Crippen MR) is 154 cm³/mol. The summed E-state index contributed by atoms with van der Waals surface area (Å²) in [6.07, 6.45) is 13.1. The topological polar surface area (TPSA) is 58.4 Å². The van der Waals surface area contributed by atoms with E-state index in [0.717, 1.165) is 49.5 Å². The average Bonchev–Trinajstić information content (AvgIpc) is 3.16. The third-order valence-corrected chi connectivity index (χ3v) is 7.61. The first kappa shape index (κ1) is 26.3. The van der Waals surface area contributed by atoms with E-state index in [1.807, 2.05) is 24.7 Å². The Morgan fingerprint density at radius 3 is 2.51 bits per heavy atom. The van der Waals surface area contributed by atoms with Crippen molar-refractivity contribution in [2.75, 3.05) is 20.3 Å². The lowest BCUT2D eigenvalue weighted by Crippen LogP contribution is -2.24. The van der Waals surface area contributed by atoms with Crippen LogP contribution in [0.4, 0.5) is 0 Å². The number of fused-ring (bicyclic) bond motifs is 3. The van der Waals surface area contributed by atoms with Crippen molar-refractivity contribution in [1.29, 1.82) is 0 Å². The molecule has 8 heteroatoms. The second-order valence-corrected chi connectivity index (χ2v) is 10.5. The molecule has 0 bridgehead atoms. The highest BCUT2D eigenvalue weighted by molar-refractivity contribution is 14.2. The smallest absolute Gasteiger partial charge is 0.213 e. The zero-order valence-electron chi connectivity index (χ0n) is 20.4. The number of aryl methyl sites for hydroxylation is 1. The number of nitrogens with zero attached hydrogens (tertiary/aromatic N) is 3. The average molecular weight is 605 g/mol. The van der Waals surface area contributed by atoms with Gasteiger partial charge in [-0.05, 0) is 84.3 Å². The number of pyridine rings is 2. The molecule has 6 nitrogen and oxygen atoms in total. The highest BCUT2D eigenvalue weighted by atomic mass is 127. The van der Waals surface area contributed by atoms with Crippen molar-refractivity contribution in [2.24, 2.45) is 7.05 Å². The summed E-state index contributed by atoms with van der Waals surface area (Å²) in [5.74, 6) is 0.727. The number of ether oxygens (including phenoxy) is 2. The van der Waals surface area contributed by atoms with Crippen molar-refractivity contribution in [3.05, 3.63) is 55.0 Å². The van der Waals surface area contributed by atoms with Gasteiger partial charge in [-0.2, -0.15) is 0 Å². The van der Waals surface area contributed by atoms with Crippen molar-refractivity contribution in [3.63, 3.8) is 0 Å². The number of aromatic nitrogens is 3. The second kappa shape index (κ2) is 13.5. The zero-order valence-corrected chi connectivity index (χ0v) is 23.5. The predicted octanol–water partition coefficient (Wildman–Crippen LogP) is 7.48. The van der Waals surface area contributed by atoms with E-state index >= 15 is 0 Å². The Morgan fingerprint density at radius 2 is 1.80 bits per heavy atom. The lowest BCUT2D eigenvalue weighted by atomic mass is 9.96. The summed E-state index contributed by atoms with van der Waals surface area (Å²) in [6, 6.07) is 12.7. The van der Waals surface area contributed by atoms with Gasteiger partial charge < -0.3 is 18.6 Å². The van der Waals surface area contributed by atoms with Crippen LogP contribution in [0.2, 0.25) is 0 Å². The van der Waals surface area contributed by atoms with Gasteiger partial charge in [-0.3, -0.25) is 4.98 Å². The van der Waals surface area contributed by atoms with E-state index in [0.29, 0.717) is 12.6 Å². The third-order valence-electron chi connectivity index (χ3n) is 6.37. The van der Waals surface area contributed by atoms with Gasteiger partial charge in [-0.25, -0.2) is 4.98 Å². The maximum Gasteiger partial charge on any atom is 0.213 e. The highest BCUT2D eigenvalue weighted by Crippen LogP contribution is 2.32. The second-order valence-electron chi connectivity index (χ2n) is 8.72. The van der Waals surface area contributed by atoms with Crippen LogP contribution >= 0.6 is 28.5 Å². The third kappa shape index (κ3) is 6.91. The van der Waals surface area contributed by atoms with Crippen molar-refractivity contribution in [3.8, 4) is 17.0 Å². The molecule has 1 saturated carbocycles. The molecule has 3 aromatic heterocycles. The quantitative estimate of drug-likeness (QED) is 0.107.